The second kappa shape index (κ2) is 4.32. The molecular weight excluding hydrogens is 275 g/mol. The van der Waals surface area contributed by atoms with Crippen molar-refractivity contribution in [3.63, 3.8) is 0 Å². The van der Waals surface area contributed by atoms with Gasteiger partial charge in [-0.15, -0.1) is 0 Å². The molecule has 4 heterocycles. The molecule has 2 aliphatic rings. The number of nitrogens with zero attached hydrogens (tertiary/aromatic N) is 4. The van der Waals surface area contributed by atoms with Gasteiger partial charge in [0.15, 0.2) is 5.42 Å². The highest BCUT2D eigenvalue weighted by molar-refractivity contribution is 6.69. The monoisotopic (exact) mass is 294 g/mol. The van der Waals surface area contributed by atoms with Crippen LogP contribution in [0.15, 0.2) is 35.1 Å². The van der Waals surface area contributed by atoms with Gasteiger partial charge in [-0.3, -0.25) is 0 Å². The topological polar surface area (TPSA) is 35.8 Å². The summed E-state index contributed by atoms with van der Waals surface area (Å²) in [4.78, 5) is 11.1. The lowest BCUT2D eigenvalue weighted by Gasteiger charge is -2.43. The SMILES string of the molecule is CN1C=c2oc3ncccc3c2=CB1N1C=CN(C)C1(C)C. The second-order valence-corrected chi connectivity index (χ2v) is 6.42. The Kier molecular flexibility index (Phi) is 2.61. The molecule has 4 rings (SSSR count). The maximum Gasteiger partial charge on any atom is 0.405 e. The Bertz CT molecular complexity index is 885. The Balaban J connectivity index is 1.89. The summed E-state index contributed by atoms with van der Waals surface area (Å²) in [6.45, 7) is 4.59. The second-order valence-electron chi connectivity index (χ2n) is 6.42. The minimum Gasteiger partial charge on any atom is -0.436 e. The van der Waals surface area contributed by atoms with Crippen LogP contribution in [0.25, 0.3) is 23.3 Å². The summed E-state index contributed by atoms with van der Waals surface area (Å²) in [6, 6.07) is 4.02. The number of pyridine rings is 1. The molecular formula is C16H19BN4O. The van der Waals surface area contributed by atoms with Crippen molar-refractivity contribution in [2.45, 2.75) is 19.5 Å². The smallest absolute Gasteiger partial charge is 0.405 e. The lowest BCUT2D eigenvalue weighted by atomic mass is 9.68. The molecule has 0 spiro atoms. The summed E-state index contributed by atoms with van der Waals surface area (Å²) in [5.41, 5.74) is 1.50. The van der Waals surface area contributed by atoms with Crippen molar-refractivity contribution in [3.8, 4) is 0 Å². The van der Waals surface area contributed by atoms with Gasteiger partial charge in [0, 0.05) is 42.4 Å². The minimum atomic E-state index is -0.0709. The van der Waals surface area contributed by atoms with Crippen LogP contribution in [0.5, 0.6) is 0 Å². The van der Waals surface area contributed by atoms with Gasteiger partial charge in [0.2, 0.25) is 5.71 Å². The van der Waals surface area contributed by atoms with Crippen LogP contribution in [0.1, 0.15) is 13.8 Å². The third kappa shape index (κ3) is 1.70. The zero-order valence-corrected chi connectivity index (χ0v) is 13.3. The van der Waals surface area contributed by atoms with Crippen LogP contribution in [-0.2, 0) is 0 Å². The summed E-state index contributed by atoms with van der Waals surface area (Å²) < 4.78 is 5.86. The Labute approximate surface area is 129 Å². The number of fused-ring (bicyclic) bond motifs is 3. The Morgan fingerprint density at radius 3 is 2.77 bits per heavy atom. The molecule has 112 valence electrons. The highest BCUT2D eigenvalue weighted by atomic mass is 16.3. The molecule has 0 amide bonds. The molecule has 2 aromatic rings. The molecule has 2 aliphatic heterocycles. The Hall–Kier alpha value is -2.37. The van der Waals surface area contributed by atoms with E-state index in [0.717, 1.165) is 16.0 Å². The molecule has 0 atom stereocenters. The molecule has 0 bridgehead atoms. The van der Waals surface area contributed by atoms with E-state index in [9.17, 15) is 0 Å². The van der Waals surface area contributed by atoms with Gasteiger partial charge in [-0.1, -0.05) is 5.98 Å². The van der Waals surface area contributed by atoms with Gasteiger partial charge < -0.3 is 18.9 Å². The molecule has 0 aliphatic carbocycles. The summed E-state index contributed by atoms with van der Waals surface area (Å²) in [7, 11) is 4.18. The van der Waals surface area contributed by atoms with E-state index in [0.29, 0.717) is 5.71 Å². The van der Waals surface area contributed by atoms with E-state index in [4.69, 9.17) is 4.42 Å². The van der Waals surface area contributed by atoms with Gasteiger partial charge in [-0.25, -0.2) is 4.98 Å². The van der Waals surface area contributed by atoms with Gasteiger partial charge in [-0.05, 0) is 33.0 Å². The molecule has 6 heteroatoms. The predicted molar refractivity (Wildman–Crippen MR) is 88.5 cm³/mol. The standard InChI is InChI=1S/C16H19BN4O/c1-16(2)19(3)8-9-21(16)17-10-13-12-6-5-7-18-15(12)22-14(13)11-20(17)4/h5-11H,1-4H3. The summed E-state index contributed by atoms with van der Waals surface area (Å²) in [6.07, 6.45) is 8.09. The van der Waals surface area contributed by atoms with Gasteiger partial charge in [0.05, 0.1) is 5.66 Å². The normalized spacial score (nSPS) is 19.5. The Morgan fingerprint density at radius 2 is 2.05 bits per heavy atom. The first-order valence-electron chi connectivity index (χ1n) is 7.47. The van der Waals surface area contributed by atoms with E-state index in [1.54, 1.807) is 6.20 Å². The van der Waals surface area contributed by atoms with Crippen LogP contribution < -0.4 is 10.6 Å². The summed E-state index contributed by atoms with van der Waals surface area (Å²) >= 11 is 0. The van der Waals surface area contributed by atoms with Crippen LogP contribution in [0.2, 0.25) is 0 Å². The zero-order valence-electron chi connectivity index (χ0n) is 13.3. The molecule has 22 heavy (non-hydrogen) atoms. The average molecular weight is 294 g/mol. The quantitative estimate of drug-likeness (QED) is 0.726. The van der Waals surface area contributed by atoms with Crippen molar-refractivity contribution < 1.29 is 4.42 Å². The van der Waals surface area contributed by atoms with Crippen LogP contribution in [0, 0.1) is 0 Å². The minimum absolute atomic E-state index is 0.0709. The maximum atomic E-state index is 5.86. The van der Waals surface area contributed by atoms with Crippen molar-refractivity contribution in [1.82, 2.24) is 19.5 Å². The van der Waals surface area contributed by atoms with Gasteiger partial charge in [0.25, 0.3) is 0 Å². The molecule has 0 fully saturated rings. The van der Waals surface area contributed by atoms with Crippen molar-refractivity contribution in [1.29, 1.82) is 0 Å². The summed E-state index contributed by atoms with van der Waals surface area (Å²) in [5, 5.41) is 2.20. The Morgan fingerprint density at radius 1 is 1.23 bits per heavy atom. The molecule has 0 aromatic carbocycles. The lowest BCUT2D eigenvalue weighted by molar-refractivity contribution is 0.140. The fraction of sp³-hybridized carbons (Fsp3) is 0.312. The van der Waals surface area contributed by atoms with E-state index in [-0.39, 0.29) is 12.6 Å². The van der Waals surface area contributed by atoms with Crippen LogP contribution >= 0.6 is 0 Å². The number of furan rings is 1. The number of hydrogen-bond donors (Lipinski definition) is 0. The van der Waals surface area contributed by atoms with E-state index in [1.165, 1.54) is 0 Å². The van der Waals surface area contributed by atoms with E-state index < -0.39 is 0 Å². The van der Waals surface area contributed by atoms with E-state index in [2.05, 4.69) is 78.1 Å². The summed E-state index contributed by atoms with van der Waals surface area (Å²) in [5.74, 6) is 2.26. The van der Waals surface area contributed by atoms with Gasteiger partial charge in [0.1, 0.15) is 0 Å². The highest BCUT2D eigenvalue weighted by Crippen LogP contribution is 2.28. The fourth-order valence-corrected chi connectivity index (χ4v) is 3.17. The van der Waals surface area contributed by atoms with Gasteiger partial charge >= 0.3 is 6.98 Å². The highest BCUT2D eigenvalue weighted by Gasteiger charge is 2.40. The molecule has 0 saturated heterocycles. The molecule has 0 radical (unpaired) electrons. The van der Waals surface area contributed by atoms with Crippen molar-refractivity contribution in [2.24, 2.45) is 0 Å². The predicted octanol–water partition coefficient (Wildman–Crippen LogP) is 0.774. The zero-order chi connectivity index (χ0) is 15.5. The third-order valence-electron chi connectivity index (χ3n) is 4.82. The van der Waals surface area contributed by atoms with Crippen LogP contribution in [0.4, 0.5) is 0 Å². The van der Waals surface area contributed by atoms with Crippen LogP contribution in [0.3, 0.4) is 0 Å². The average Bonchev–Trinajstić information content (AvgIpc) is 2.96. The molecule has 0 unspecified atom stereocenters. The number of rotatable bonds is 1. The van der Waals surface area contributed by atoms with Crippen LogP contribution in [-0.4, -0.2) is 46.2 Å². The first-order valence-corrected chi connectivity index (χ1v) is 7.47. The molecule has 0 N–H and O–H groups in total. The lowest BCUT2D eigenvalue weighted by Crippen LogP contribution is -2.59. The van der Waals surface area contributed by atoms with Crippen molar-refractivity contribution in [2.75, 3.05) is 14.1 Å². The molecule has 2 aromatic heterocycles. The third-order valence-corrected chi connectivity index (χ3v) is 4.82. The number of hydrogen-bond acceptors (Lipinski definition) is 5. The maximum absolute atomic E-state index is 5.86. The molecule has 0 saturated carbocycles. The number of aromatic nitrogens is 1. The van der Waals surface area contributed by atoms with E-state index >= 15 is 0 Å². The van der Waals surface area contributed by atoms with E-state index in [1.807, 2.05) is 6.07 Å². The molecule has 5 nitrogen and oxygen atoms in total. The van der Waals surface area contributed by atoms with Gasteiger partial charge in [-0.2, -0.15) is 0 Å². The largest absolute Gasteiger partial charge is 0.436 e. The first-order chi connectivity index (χ1) is 10.5. The van der Waals surface area contributed by atoms with Crippen molar-refractivity contribution in [3.05, 3.63) is 41.4 Å². The fourth-order valence-electron chi connectivity index (χ4n) is 3.17. The first kappa shape index (κ1) is 13.3. The van der Waals surface area contributed by atoms with Crippen molar-refractivity contribution >= 4 is 30.3 Å².